The first kappa shape index (κ1) is 16.5. The summed E-state index contributed by atoms with van der Waals surface area (Å²) in [6, 6.07) is 5.80. The van der Waals surface area contributed by atoms with Crippen LogP contribution in [-0.2, 0) is 9.47 Å². The molecular formula is C18H24N4O3. The van der Waals surface area contributed by atoms with E-state index >= 15 is 0 Å². The maximum absolute atomic E-state index is 5.98. The van der Waals surface area contributed by atoms with Crippen LogP contribution in [0.5, 0.6) is 0 Å². The smallest absolute Gasteiger partial charge is 0.152 e. The topological polar surface area (TPSA) is 63.9 Å². The van der Waals surface area contributed by atoms with Crippen LogP contribution in [0, 0.1) is 6.92 Å². The summed E-state index contributed by atoms with van der Waals surface area (Å²) in [5.41, 5.74) is 0.823. The van der Waals surface area contributed by atoms with Gasteiger partial charge in [-0.15, -0.1) is 0 Å². The SMILES string of the molecule is Cc1nc(-c2ccco2)cc(N2CCOC(CN3CCOCC3)C2)n1. The lowest BCUT2D eigenvalue weighted by molar-refractivity contribution is -0.0172. The molecule has 2 aromatic rings. The van der Waals surface area contributed by atoms with Crippen LogP contribution in [-0.4, -0.2) is 73.5 Å². The number of furan rings is 1. The van der Waals surface area contributed by atoms with Gasteiger partial charge >= 0.3 is 0 Å². The van der Waals surface area contributed by atoms with Crippen LogP contribution in [0.15, 0.2) is 28.9 Å². The summed E-state index contributed by atoms with van der Waals surface area (Å²) in [7, 11) is 0. The Labute approximate surface area is 147 Å². The molecule has 0 aliphatic carbocycles. The van der Waals surface area contributed by atoms with Gasteiger partial charge in [0.15, 0.2) is 5.76 Å². The van der Waals surface area contributed by atoms with E-state index in [1.54, 1.807) is 6.26 Å². The monoisotopic (exact) mass is 344 g/mol. The third-order valence-electron chi connectivity index (χ3n) is 4.63. The summed E-state index contributed by atoms with van der Waals surface area (Å²) in [5.74, 6) is 2.46. The van der Waals surface area contributed by atoms with Crippen molar-refractivity contribution in [3.8, 4) is 11.5 Å². The molecule has 0 aromatic carbocycles. The molecule has 2 aliphatic heterocycles. The van der Waals surface area contributed by atoms with Crippen molar-refractivity contribution in [2.75, 3.05) is 57.4 Å². The van der Waals surface area contributed by atoms with Gasteiger partial charge in [-0.1, -0.05) is 0 Å². The van der Waals surface area contributed by atoms with E-state index in [4.69, 9.17) is 13.9 Å². The van der Waals surface area contributed by atoms with Crippen LogP contribution in [0.2, 0.25) is 0 Å². The minimum atomic E-state index is 0.189. The van der Waals surface area contributed by atoms with Gasteiger partial charge in [0.05, 0.1) is 32.2 Å². The number of rotatable bonds is 4. The molecule has 7 nitrogen and oxygen atoms in total. The van der Waals surface area contributed by atoms with Crippen molar-refractivity contribution in [1.82, 2.24) is 14.9 Å². The van der Waals surface area contributed by atoms with Crippen molar-refractivity contribution in [3.63, 3.8) is 0 Å². The highest BCUT2D eigenvalue weighted by Gasteiger charge is 2.25. The Kier molecular flexibility index (Phi) is 4.96. The molecule has 0 spiro atoms. The van der Waals surface area contributed by atoms with Crippen LogP contribution in [0.3, 0.4) is 0 Å². The van der Waals surface area contributed by atoms with Crippen LogP contribution < -0.4 is 4.90 Å². The molecule has 2 saturated heterocycles. The number of morpholine rings is 2. The number of nitrogens with zero attached hydrogens (tertiary/aromatic N) is 4. The van der Waals surface area contributed by atoms with Gasteiger partial charge in [0.25, 0.3) is 0 Å². The minimum absolute atomic E-state index is 0.189. The molecule has 25 heavy (non-hydrogen) atoms. The molecule has 0 saturated carbocycles. The summed E-state index contributed by atoms with van der Waals surface area (Å²) in [6.07, 6.45) is 1.86. The third-order valence-corrected chi connectivity index (χ3v) is 4.63. The molecule has 2 fully saturated rings. The maximum Gasteiger partial charge on any atom is 0.152 e. The second-order valence-electron chi connectivity index (χ2n) is 6.49. The van der Waals surface area contributed by atoms with E-state index in [1.807, 2.05) is 25.1 Å². The summed E-state index contributed by atoms with van der Waals surface area (Å²) < 4.78 is 16.9. The molecule has 1 atom stereocenters. The molecular weight excluding hydrogens is 320 g/mol. The quantitative estimate of drug-likeness (QED) is 0.834. The zero-order valence-electron chi connectivity index (χ0n) is 14.6. The molecule has 2 aliphatic rings. The number of aromatic nitrogens is 2. The fourth-order valence-corrected chi connectivity index (χ4v) is 3.37. The van der Waals surface area contributed by atoms with Gasteiger partial charge in [0.1, 0.15) is 17.3 Å². The molecule has 7 heteroatoms. The van der Waals surface area contributed by atoms with E-state index < -0.39 is 0 Å². The lowest BCUT2D eigenvalue weighted by atomic mass is 10.2. The van der Waals surface area contributed by atoms with E-state index in [0.29, 0.717) is 6.61 Å². The van der Waals surface area contributed by atoms with E-state index in [-0.39, 0.29) is 6.10 Å². The van der Waals surface area contributed by atoms with Crippen LogP contribution in [0.1, 0.15) is 5.82 Å². The fourth-order valence-electron chi connectivity index (χ4n) is 3.37. The lowest BCUT2D eigenvalue weighted by Gasteiger charge is -2.37. The second-order valence-corrected chi connectivity index (χ2v) is 6.49. The lowest BCUT2D eigenvalue weighted by Crippen LogP contribution is -2.50. The molecule has 0 bridgehead atoms. The van der Waals surface area contributed by atoms with Crippen molar-refractivity contribution in [1.29, 1.82) is 0 Å². The van der Waals surface area contributed by atoms with Crippen molar-refractivity contribution in [2.24, 2.45) is 0 Å². The van der Waals surface area contributed by atoms with Gasteiger partial charge in [-0.2, -0.15) is 0 Å². The normalized spacial score (nSPS) is 22.3. The Balaban J connectivity index is 1.47. The van der Waals surface area contributed by atoms with Gasteiger partial charge in [-0.3, -0.25) is 4.90 Å². The maximum atomic E-state index is 5.98. The number of hydrogen-bond donors (Lipinski definition) is 0. The van der Waals surface area contributed by atoms with Crippen molar-refractivity contribution >= 4 is 5.82 Å². The van der Waals surface area contributed by atoms with Crippen molar-refractivity contribution < 1.29 is 13.9 Å². The largest absolute Gasteiger partial charge is 0.463 e. The first-order valence-corrected chi connectivity index (χ1v) is 8.84. The molecule has 4 heterocycles. The van der Waals surface area contributed by atoms with Crippen molar-refractivity contribution in [2.45, 2.75) is 13.0 Å². The highest BCUT2D eigenvalue weighted by atomic mass is 16.5. The number of anilines is 1. The number of ether oxygens (including phenoxy) is 2. The Bertz CT molecular complexity index is 686. The molecule has 0 N–H and O–H groups in total. The van der Waals surface area contributed by atoms with Crippen LogP contribution >= 0.6 is 0 Å². The van der Waals surface area contributed by atoms with E-state index in [2.05, 4.69) is 19.8 Å². The zero-order chi connectivity index (χ0) is 17.1. The molecule has 0 amide bonds. The van der Waals surface area contributed by atoms with Crippen molar-refractivity contribution in [3.05, 3.63) is 30.3 Å². The predicted octanol–water partition coefficient (Wildman–Crippen LogP) is 1.58. The van der Waals surface area contributed by atoms with Gasteiger partial charge in [0.2, 0.25) is 0 Å². The predicted molar refractivity (Wildman–Crippen MR) is 93.7 cm³/mol. The third kappa shape index (κ3) is 4.00. The Morgan fingerprint density at radius 1 is 1.16 bits per heavy atom. The summed E-state index contributed by atoms with van der Waals surface area (Å²) in [5, 5.41) is 0. The number of aryl methyl sites for hydroxylation is 1. The first-order chi connectivity index (χ1) is 12.3. The number of hydrogen-bond acceptors (Lipinski definition) is 7. The Morgan fingerprint density at radius 2 is 2.04 bits per heavy atom. The highest BCUT2D eigenvalue weighted by molar-refractivity contribution is 5.57. The standard InChI is InChI=1S/C18H24N4O3/c1-14-19-16(17-3-2-7-25-17)11-18(20-14)22-6-10-24-15(13-22)12-21-4-8-23-9-5-21/h2-3,7,11,15H,4-6,8-10,12-13H2,1H3. The van der Waals surface area contributed by atoms with Gasteiger partial charge in [0, 0.05) is 38.8 Å². The summed E-state index contributed by atoms with van der Waals surface area (Å²) in [6.45, 7) is 8.84. The summed E-state index contributed by atoms with van der Waals surface area (Å²) in [4.78, 5) is 13.8. The zero-order valence-corrected chi connectivity index (χ0v) is 14.6. The second kappa shape index (κ2) is 7.51. The molecule has 0 radical (unpaired) electrons. The first-order valence-electron chi connectivity index (χ1n) is 8.84. The molecule has 2 aromatic heterocycles. The summed E-state index contributed by atoms with van der Waals surface area (Å²) >= 11 is 0. The van der Waals surface area contributed by atoms with Gasteiger partial charge in [-0.25, -0.2) is 9.97 Å². The average molecular weight is 344 g/mol. The average Bonchev–Trinajstić information content (AvgIpc) is 3.17. The molecule has 1 unspecified atom stereocenters. The Hall–Kier alpha value is -1.96. The molecule has 134 valence electrons. The van der Waals surface area contributed by atoms with Crippen LogP contribution in [0.4, 0.5) is 5.82 Å². The van der Waals surface area contributed by atoms with Crippen LogP contribution in [0.25, 0.3) is 11.5 Å². The molecule has 4 rings (SSSR count). The van der Waals surface area contributed by atoms with E-state index in [9.17, 15) is 0 Å². The van der Waals surface area contributed by atoms with Gasteiger partial charge in [-0.05, 0) is 19.1 Å². The fraction of sp³-hybridized carbons (Fsp3) is 0.556. The van der Waals surface area contributed by atoms with E-state index in [1.165, 1.54) is 0 Å². The van der Waals surface area contributed by atoms with Gasteiger partial charge < -0.3 is 18.8 Å². The highest BCUT2D eigenvalue weighted by Crippen LogP contribution is 2.23. The van der Waals surface area contributed by atoms with E-state index in [0.717, 1.165) is 69.0 Å². The Morgan fingerprint density at radius 3 is 2.84 bits per heavy atom. The minimum Gasteiger partial charge on any atom is -0.463 e.